The van der Waals surface area contributed by atoms with E-state index in [-0.39, 0.29) is 11.8 Å². The number of amides is 2. The van der Waals surface area contributed by atoms with Gasteiger partial charge in [0.05, 0.1) is 4.88 Å². The number of carbonyl (C=O) groups excluding carboxylic acids is 2. The predicted molar refractivity (Wildman–Crippen MR) is 147 cm³/mol. The summed E-state index contributed by atoms with van der Waals surface area (Å²) in [5.74, 6) is -0.399. The number of nitrogens with one attached hydrogen (secondary N) is 2. The molecule has 0 radical (unpaired) electrons. The van der Waals surface area contributed by atoms with Gasteiger partial charge in [-0.3, -0.25) is 14.5 Å². The molecule has 0 atom stereocenters. The minimum Gasteiger partial charge on any atom is -0.369 e. The molecule has 1 saturated heterocycles. The number of thiophene rings is 1. The number of hydrogen-bond acceptors (Lipinski definition) is 5. The van der Waals surface area contributed by atoms with Gasteiger partial charge in [0.1, 0.15) is 0 Å². The molecule has 0 spiro atoms. The maximum atomic E-state index is 12.8. The maximum Gasteiger partial charge on any atom is 0.265 e. The van der Waals surface area contributed by atoms with E-state index in [1.807, 2.05) is 23.6 Å². The van der Waals surface area contributed by atoms with Crippen LogP contribution in [0.5, 0.6) is 0 Å². The molecule has 7 heteroatoms. The van der Waals surface area contributed by atoms with Gasteiger partial charge in [-0.05, 0) is 59.5 Å². The van der Waals surface area contributed by atoms with Crippen LogP contribution in [0.25, 0.3) is 0 Å². The smallest absolute Gasteiger partial charge is 0.265 e. The number of nitrogens with zero attached hydrogens (tertiary/aromatic N) is 2. The molecule has 2 N–H and O–H groups in total. The molecule has 4 aromatic rings. The van der Waals surface area contributed by atoms with Crippen LogP contribution in [0, 0.1) is 0 Å². The van der Waals surface area contributed by atoms with Gasteiger partial charge in [-0.15, -0.1) is 11.3 Å². The minimum atomic E-state index is -0.218. The van der Waals surface area contributed by atoms with Gasteiger partial charge in [0.25, 0.3) is 11.8 Å². The Labute approximate surface area is 215 Å². The second-order valence-corrected chi connectivity index (χ2v) is 9.71. The summed E-state index contributed by atoms with van der Waals surface area (Å²) in [5.41, 5.74) is 4.31. The van der Waals surface area contributed by atoms with E-state index in [1.165, 1.54) is 16.9 Å². The van der Waals surface area contributed by atoms with Gasteiger partial charge < -0.3 is 15.5 Å². The summed E-state index contributed by atoms with van der Waals surface area (Å²) >= 11 is 1.38. The van der Waals surface area contributed by atoms with Crippen LogP contribution in [0.3, 0.4) is 0 Å². The van der Waals surface area contributed by atoms with E-state index in [2.05, 4.69) is 62.9 Å². The molecule has 0 bridgehead atoms. The zero-order chi connectivity index (χ0) is 24.7. The van der Waals surface area contributed by atoms with E-state index in [4.69, 9.17) is 0 Å². The summed E-state index contributed by atoms with van der Waals surface area (Å²) in [5, 5.41) is 7.66. The lowest BCUT2D eigenvalue weighted by molar-refractivity contribution is 0.101. The van der Waals surface area contributed by atoms with Crippen LogP contribution >= 0.6 is 11.3 Å². The Hall–Kier alpha value is -3.94. The number of hydrogen-bond donors (Lipinski definition) is 2. The van der Waals surface area contributed by atoms with Crippen molar-refractivity contribution in [2.24, 2.45) is 0 Å². The molecule has 36 heavy (non-hydrogen) atoms. The zero-order valence-electron chi connectivity index (χ0n) is 19.9. The molecule has 1 aliphatic rings. The lowest BCUT2D eigenvalue weighted by Crippen LogP contribution is -2.45. The van der Waals surface area contributed by atoms with Crippen molar-refractivity contribution in [2.75, 3.05) is 41.7 Å². The highest BCUT2D eigenvalue weighted by molar-refractivity contribution is 7.12. The summed E-state index contributed by atoms with van der Waals surface area (Å²) in [6.07, 6.45) is 0. The highest BCUT2D eigenvalue weighted by Crippen LogP contribution is 2.21. The SMILES string of the molecule is O=C(Nc1ccc(N2CCN(Cc3ccccc3)CC2)cc1)c1cccc(NC(=O)c2cccs2)c1. The Bertz CT molecular complexity index is 1300. The molecule has 0 aliphatic carbocycles. The van der Waals surface area contributed by atoms with Crippen molar-refractivity contribution in [3.63, 3.8) is 0 Å². The van der Waals surface area contributed by atoms with Gasteiger partial charge in [0.2, 0.25) is 0 Å². The summed E-state index contributed by atoms with van der Waals surface area (Å²) in [6, 6.07) is 29.1. The van der Waals surface area contributed by atoms with E-state index in [9.17, 15) is 9.59 Å². The van der Waals surface area contributed by atoms with Crippen LogP contribution < -0.4 is 15.5 Å². The molecule has 6 nitrogen and oxygen atoms in total. The van der Waals surface area contributed by atoms with Gasteiger partial charge in [0.15, 0.2) is 0 Å². The van der Waals surface area contributed by atoms with Crippen molar-refractivity contribution in [3.8, 4) is 0 Å². The summed E-state index contributed by atoms with van der Waals surface area (Å²) in [4.78, 5) is 30.6. The van der Waals surface area contributed by atoms with Crippen molar-refractivity contribution in [3.05, 3.63) is 112 Å². The number of benzene rings is 3. The Balaban J connectivity index is 1.14. The van der Waals surface area contributed by atoms with Crippen LogP contribution in [-0.2, 0) is 6.54 Å². The van der Waals surface area contributed by atoms with E-state index in [0.29, 0.717) is 16.1 Å². The fourth-order valence-corrected chi connectivity index (χ4v) is 4.92. The molecule has 1 aromatic heterocycles. The largest absolute Gasteiger partial charge is 0.369 e. The average molecular weight is 497 g/mol. The van der Waals surface area contributed by atoms with Gasteiger partial charge in [-0.2, -0.15) is 0 Å². The average Bonchev–Trinajstić information content (AvgIpc) is 3.46. The lowest BCUT2D eigenvalue weighted by atomic mass is 10.1. The van der Waals surface area contributed by atoms with E-state index in [1.54, 1.807) is 30.3 Å². The topological polar surface area (TPSA) is 64.7 Å². The third-order valence-corrected chi connectivity index (χ3v) is 7.11. The van der Waals surface area contributed by atoms with Gasteiger partial charge >= 0.3 is 0 Å². The third kappa shape index (κ3) is 6.00. The second-order valence-electron chi connectivity index (χ2n) is 8.76. The minimum absolute atomic E-state index is 0.181. The van der Waals surface area contributed by atoms with E-state index >= 15 is 0 Å². The third-order valence-electron chi connectivity index (χ3n) is 6.24. The first-order valence-electron chi connectivity index (χ1n) is 12.0. The van der Waals surface area contributed by atoms with Crippen LogP contribution in [0.15, 0.2) is 96.4 Å². The van der Waals surface area contributed by atoms with E-state index < -0.39 is 0 Å². The Morgan fingerprint density at radius 1 is 0.722 bits per heavy atom. The standard InChI is InChI=1S/C29H28N4O2S/c34-28(23-8-4-9-25(20-23)31-29(35)27-10-5-19-36-27)30-24-11-13-26(14-12-24)33-17-15-32(16-18-33)21-22-6-2-1-3-7-22/h1-14,19-20H,15-18,21H2,(H,30,34)(H,31,35). The molecule has 3 aromatic carbocycles. The number of rotatable bonds is 7. The van der Waals surface area contributed by atoms with Crippen LogP contribution in [0.1, 0.15) is 25.6 Å². The molecule has 2 amide bonds. The van der Waals surface area contributed by atoms with Crippen molar-refractivity contribution >= 4 is 40.2 Å². The van der Waals surface area contributed by atoms with Crippen molar-refractivity contribution < 1.29 is 9.59 Å². The Morgan fingerprint density at radius 2 is 1.47 bits per heavy atom. The monoisotopic (exact) mass is 496 g/mol. The number of carbonyl (C=O) groups is 2. The predicted octanol–water partition coefficient (Wildman–Crippen LogP) is 5.57. The molecule has 0 unspecified atom stereocenters. The van der Waals surface area contributed by atoms with Crippen LogP contribution in [0.2, 0.25) is 0 Å². The number of anilines is 3. The Morgan fingerprint density at radius 3 is 2.19 bits per heavy atom. The summed E-state index contributed by atoms with van der Waals surface area (Å²) in [6.45, 7) is 4.98. The fraction of sp³-hybridized carbons (Fsp3) is 0.172. The number of piperazine rings is 1. The van der Waals surface area contributed by atoms with Gasteiger partial charge in [-0.1, -0.05) is 42.5 Å². The van der Waals surface area contributed by atoms with Crippen molar-refractivity contribution in [1.82, 2.24) is 4.90 Å². The highest BCUT2D eigenvalue weighted by atomic mass is 32.1. The highest BCUT2D eigenvalue weighted by Gasteiger charge is 2.17. The molecular weight excluding hydrogens is 468 g/mol. The molecule has 1 aliphatic heterocycles. The zero-order valence-corrected chi connectivity index (χ0v) is 20.7. The first-order valence-corrected chi connectivity index (χ1v) is 12.9. The van der Waals surface area contributed by atoms with Crippen molar-refractivity contribution in [1.29, 1.82) is 0 Å². The van der Waals surface area contributed by atoms with E-state index in [0.717, 1.165) is 44.1 Å². The quantitative estimate of drug-likeness (QED) is 0.351. The molecule has 2 heterocycles. The van der Waals surface area contributed by atoms with Gasteiger partial charge in [-0.25, -0.2) is 0 Å². The second kappa shape index (κ2) is 11.2. The first-order chi connectivity index (χ1) is 17.6. The molecule has 0 saturated carbocycles. The first kappa shape index (κ1) is 23.8. The van der Waals surface area contributed by atoms with Crippen molar-refractivity contribution in [2.45, 2.75) is 6.54 Å². The molecular formula is C29H28N4O2S. The summed E-state index contributed by atoms with van der Waals surface area (Å²) in [7, 11) is 0. The maximum absolute atomic E-state index is 12.8. The normalized spacial score (nSPS) is 13.8. The lowest BCUT2D eigenvalue weighted by Gasteiger charge is -2.36. The molecule has 182 valence electrons. The molecule has 1 fully saturated rings. The molecule has 5 rings (SSSR count). The summed E-state index contributed by atoms with van der Waals surface area (Å²) < 4.78 is 0. The van der Waals surface area contributed by atoms with Crippen LogP contribution in [-0.4, -0.2) is 42.9 Å². The van der Waals surface area contributed by atoms with Crippen LogP contribution in [0.4, 0.5) is 17.1 Å². The fourth-order valence-electron chi connectivity index (χ4n) is 4.30. The Kier molecular flexibility index (Phi) is 7.40. The van der Waals surface area contributed by atoms with Gasteiger partial charge in [0, 0.05) is 55.3 Å².